The lowest BCUT2D eigenvalue weighted by atomic mass is 10.1. The molecule has 0 saturated carbocycles. The number of hydrogen-bond donors (Lipinski definition) is 3. The lowest BCUT2D eigenvalue weighted by Gasteiger charge is -2.16. The number of carbonyl (C=O) groups is 1. The summed E-state index contributed by atoms with van der Waals surface area (Å²) in [5.74, 6) is -1.44. The van der Waals surface area contributed by atoms with Crippen molar-refractivity contribution in [1.82, 2.24) is 0 Å². The smallest absolute Gasteiger partial charge is 0.341 e. The SMILES string of the molecule is Cc1ccc(S(=O)(=O)Nc2cccc(CS(N)(=O)=O)c2)c(C)c1OCC(=O)O. The number of carboxylic acids is 1. The molecule has 9 nitrogen and oxygen atoms in total. The third kappa shape index (κ3) is 5.68. The highest BCUT2D eigenvalue weighted by Gasteiger charge is 2.21. The zero-order chi connectivity index (χ0) is 21.1. The Hall–Kier alpha value is -2.63. The van der Waals surface area contributed by atoms with Crippen LogP contribution in [0.3, 0.4) is 0 Å². The molecule has 0 bridgehead atoms. The predicted molar refractivity (Wildman–Crippen MR) is 103 cm³/mol. The van der Waals surface area contributed by atoms with Gasteiger partial charge in [-0.3, -0.25) is 4.72 Å². The maximum Gasteiger partial charge on any atom is 0.341 e. The van der Waals surface area contributed by atoms with Crippen molar-refractivity contribution in [3.63, 3.8) is 0 Å². The molecule has 0 unspecified atom stereocenters. The Morgan fingerprint density at radius 1 is 1.14 bits per heavy atom. The molecule has 0 spiro atoms. The molecule has 0 fully saturated rings. The minimum Gasteiger partial charge on any atom is -0.481 e. The van der Waals surface area contributed by atoms with Crippen molar-refractivity contribution in [2.45, 2.75) is 24.5 Å². The molecule has 0 aliphatic rings. The topological polar surface area (TPSA) is 153 Å². The summed E-state index contributed by atoms with van der Waals surface area (Å²) in [7, 11) is -7.80. The molecular formula is C17H20N2O7S2. The molecule has 2 rings (SSSR count). The van der Waals surface area contributed by atoms with Crippen LogP contribution in [0.25, 0.3) is 0 Å². The molecule has 0 atom stereocenters. The number of hydrogen-bond acceptors (Lipinski definition) is 6. The van der Waals surface area contributed by atoms with Gasteiger partial charge < -0.3 is 9.84 Å². The Morgan fingerprint density at radius 3 is 2.43 bits per heavy atom. The Balaban J connectivity index is 2.36. The van der Waals surface area contributed by atoms with Gasteiger partial charge in [-0.2, -0.15) is 0 Å². The van der Waals surface area contributed by atoms with Gasteiger partial charge in [-0.15, -0.1) is 0 Å². The first kappa shape index (κ1) is 21.7. The van der Waals surface area contributed by atoms with Gasteiger partial charge in [0.25, 0.3) is 10.0 Å². The van der Waals surface area contributed by atoms with Crippen LogP contribution in [-0.4, -0.2) is 34.5 Å². The van der Waals surface area contributed by atoms with E-state index < -0.39 is 38.4 Å². The van der Waals surface area contributed by atoms with Crippen LogP contribution in [0.4, 0.5) is 5.69 Å². The summed E-state index contributed by atoms with van der Waals surface area (Å²) in [5, 5.41) is 13.8. The summed E-state index contributed by atoms with van der Waals surface area (Å²) in [6, 6.07) is 8.74. The van der Waals surface area contributed by atoms with Gasteiger partial charge in [0.15, 0.2) is 6.61 Å². The van der Waals surface area contributed by atoms with Crippen molar-refractivity contribution in [1.29, 1.82) is 0 Å². The van der Waals surface area contributed by atoms with Gasteiger partial charge in [0.1, 0.15) is 5.75 Å². The highest BCUT2D eigenvalue weighted by Crippen LogP contribution is 2.30. The zero-order valence-electron chi connectivity index (χ0n) is 15.2. The van der Waals surface area contributed by atoms with E-state index in [4.69, 9.17) is 15.0 Å². The van der Waals surface area contributed by atoms with E-state index in [0.717, 1.165) is 0 Å². The van der Waals surface area contributed by atoms with Crippen molar-refractivity contribution < 1.29 is 31.5 Å². The average molecular weight is 428 g/mol. The van der Waals surface area contributed by atoms with Crippen LogP contribution in [0.2, 0.25) is 0 Å². The maximum absolute atomic E-state index is 12.8. The number of carboxylic acid groups (broad SMARTS) is 1. The van der Waals surface area contributed by atoms with Crippen LogP contribution in [0.15, 0.2) is 41.3 Å². The summed E-state index contributed by atoms with van der Waals surface area (Å²) in [4.78, 5) is 10.7. The van der Waals surface area contributed by atoms with E-state index in [2.05, 4.69) is 4.72 Å². The molecule has 4 N–H and O–H groups in total. The quantitative estimate of drug-likeness (QED) is 0.574. The van der Waals surface area contributed by atoms with E-state index in [9.17, 15) is 21.6 Å². The minimum atomic E-state index is -4.04. The van der Waals surface area contributed by atoms with Crippen molar-refractivity contribution in [3.05, 3.63) is 53.1 Å². The van der Waals surface area contributed by atoms with Crippen LogP contribution in [0.5, 0.6) is 5.75 Å². The highest BCUT2D eigenvalue weighted by molar-refractivity contribution is 7.92. The molecule has 0 aromatic heterocycles. The van der Waals surface area contributed by atoms with Gasteiger partial charge in [0.05, 0.1) is 10.6 Å². The molecule has 11 heteroatoms. The van der Waals surface area contributed by atoms with Gasteiger partial charge in [-0.05, 0) is 43.2 Å². The Morgan fingerprint density at radius 2 is 1.82 bits per heavy atom. The molecule has 2 aromatic carbocycles. The standard InChI is InChI=1S/C17H20N2O7S2/c1-11-6-7-15(12(2)17(11)26-9-16(20)21)28(24,25)19-14-5-3-4-13(8-14)10-27(18,22)23/h3-8,19H,9-10H2,1-2H3,(H,20,21)(H2,18,22,23). The summed E-state index contributed by atoms with van der Waals surface area (Å²) >= 11 is 0. The maximum atomic E-state index is 12.8. The molecule has 28 heavy (non-hydrogen) atoms. The first-order valence-electron chi connectivity index (χ1n) is 7.96. The molecule has 0 aliphatic carbocycles. The first-order chi connectivity index (χ1) is 12.9. The summed E-state index contributed by atoms with van der Waals surface area (Å²) in [6.45, 7) is 2.58. The van der Waals surface area contributed by atoms with E-state index in [0.29, 0.717) is 11.1 Å². The number of nitrogens with two attached hydrogens (primary N) is 1. The fourth-order valence-electron chi connectivity index (χ4n) is 2.62. The second kappa shape index (κ2) is 8.17. The largest absolute Gasteiger partial charge is 0.481 e. The number of aryl methyl sites for hydroxylation is 1. The Labute approximate surface area is 163 Å². The number of nitrogens with one attached hydrogen (secondary N) is 1. The molecule has 0 amide bonds. The molecule has 0 radical (unpaired) electrons. The van der Waals surface area contributed by atoms with Crippen LogP contribution in [-0.2, 0) is 30.6 Å². The average Bonchev–Trinajstić information content (AvgIpc) is 2.52. The number of benzene rings is 2. The molecule has 0 saturated heterocycles. The lowest BCUT2D eigenvalue weighted by Crippen LogP contribution is -2.17. The number of aliphatic carboxylic acids is 1. The van der Waals surface area contributed by atoms with Gasteiger partial charge in [0.2, 0.25) is 10.0 Å². The first-order valence-corrected chi connectivity index (χ1v) is 11.2. The number of ether oxygens (including phenoxy) is 1. The van der Waals surface area contributed by atoms with Crippen LogP contribution in [0, 0.1) is 13.8 Å². The zero-order valence-corrected chi connectivity index (χ0v) is 16.8. The van der Waals surface area contributed by atoms with Crippen molar-refractivity contribution in [2.24, 2.45) is 5.14 Å². The van der Waals surface area contributed by atoms with Gasteiger partial charge in [0, 0.05) is 11.3 Å². The third-order valence-corrected chi connectivity index (χ3v) is 5.99. The fraction of sp³-hybridized carbons (Fsp3) is 0.235. The second-order valence-electron chi connectivity index (χ2n) is 6.13. The number of primary sulfonamides is 1. The van der Waals surface area contributed by atoms with Gasteiger partial charge in [-0.25, -0.2) is 26.8 Å². The van der Waals surface area contributed by atoms with E-state index in [1.54, 1.807) is 6.92 Å². The van der Waals surface area contributed by atoms with Crippen LogP contribution >= 0.6 is 0 Å². The predicted octanol–water partition coefficient (Wildman–Crippen LogP) is 1.36. The summed E-state index contributed by atoms with van der Waals surface area (Å²) in [6.07, 6.45) is 0. The second-order valence-corrected chi connectivity index (χ2v) is 9.40. The molecule has 0 aliphatic heterocycles. The summed E-state index contributed by atoms with van der Waals surface area (Å²) in [5.41, 5.74) is 1.34. The van der Waals surface area contributed by atoms with E-state index in [1.807, 2.05) is 0 Å². The van der Waals surface area contributed by atoms with Crippen molar-refractivity contribution in [2.75, 3.05) is 11.3 Å². The molecular weight excluding hydrogens is 408 g/mol. The van der Waals surface area contributed by atoms with Crippen molar-refractivity contribution in [3.8, 4) is 5.75 Å². The Bertz CT molecular complexity index is 1110. The van der Waals surface area contributed by atoms with Crippen LogP contribution < -0.4 is 14.6 Å². The molecule has 152 valence electrons. The fourth-order valence-corrected chi connectivity index (χ4v) is 4.56. The highest BCUT2D eigenvalue weighted by atomic mass is 32.2. The number of anilines is 1. The van der Waals surface area contributed by atoms with E-state index in [1.165, 1.54) is 43.3 Å². The normalized spacial score (nSPS) is 11.8. The summed E-state index contributed by atoms with van der Waals surface area (Å²) < 4.78 is 55.6. The van der Waals surface area contributed by atoms with Gasteiger partial charge >= 0.3 is 5.97 Å². The number of sulfonamides is 2. The lowest BCUT2D eigenvalue weighted by molar-refractivity contribution is -0.139. The van der Waals surface area contributed by atoms with Gasteiger partial charge in [-0.1, -0.05) is 18.2 Å². The number of rotatable bonds is 8. The minimum absolute atomic E-state index is 0.0876. The Kier molecular flexibility index (Phi) is 6.32. The molecule has 0 heterocycles. The van der Waals surface area contributed by atoms with Crippen LogP contribution in [0.1, 0.15) is 16.7 Å². The van der Waals surface area contributed by atoms with Crippen molar-refractivity contribution >= 4 is 31.7 Å². The molecule has 2 aromatic rings. The third-order valence-electron chi connectivity index (χ3n) is 3.73. The van der Waals surface area contributed by atoms with E-state index >= 15 is 0 Å². The monoisotopic (exact) mass is 428 g/mol. The van der Waals surface area contributed by atoms with E-state index in [-0.39, 0.29) is 21.9 Å².